The highest BCUT2D eigenvalue weighted by atomic mass is 32.1. The van der Waals surface area contributed by atoms with Gasteiger partial charge < -0.3 is 11.1 Å². The molecule has 0 aliphatic carbocycles. The molecule has 0 aromatic carbocycles. The van der Waals surface area contributed by atoms with Gasteiger partial charge in [0.15, 0.2) is 0 Å². The van der Waals surface area contributed by atoms with Crippen molar-refractivity contribution in [2.45, 2.75) is 32.7 Å². The summed E-state index contributed by atoms with van der Waals surface area (Å²) in [6, 6.07) is 2.09. The molecule has 0 saturated carbocycles. The summed E-state index contributed by atoms with van der Waals surface area (Å²) in [5.41, 5.74) is 6.16. The first kappa shape index (κ1) is 12.2. The van der Waals surface area contributed by atoms with Crippen LogP contribution in [0.25, 0.3) is 0 Å². The fraction of sp³-hybridized carbons (Fsp3) is 0.545. The van der Waals surface area contributed by atoms with E-state index in [9.17, 15) is 4.79 Å². The molecule has 0 fully saturated rings. The number of amides is 1. The number of hydrogen-bond acceptors (Lipinski definition) is 3. The van der Waals surface area contributed by atoms with Gasteiger partial charge in [0.2, 0.25) is 5.91 Å². The molecule has 0 bridgehead atoms. The number of nitrogens with one attached hydrogen (secondary N) is 1. The molecule has 1 aromatic heterocycles. The van der Waals surface area contributed by atoms with Crippen molar-refractivity contribution in [1.82, 2.24) is 5.32 Å². The molecule has 1 amide bonds. The Labute approximate surface area is 94.7 Å². The Hall–Kier alpha value is -0.870. The molecule has 3 nitrogen and oxygen atoms in total. The highest BCUT2D eigenvalue weighted by molar-refractivity contribution is 7.10. The van der Waals surface area contributed by atoms with Crippen molar-refractivity contribution in [2.24, 2.45) is 5.73 Å². The molecule has 0 aliphatic heterocycles. The fourth-order valence-electron chi connectivity index (χ4n) is 1.18. The number of nitrogens with two attached hydrogens (primary N) is 1. The first-order valence-electron chi connectivity index (χ1n) is 5.01. The molecule has 0 aliphatic rings. The zero-order chi connectivity index (χ0) is 11.5. The van der Waals surface area contributed by atoms with Gasteiger partial charge in [-0.1, -0.05) is 0 Å². The van der Waals surface area contributed by atoms with Crippen LogP contribution in [-0.2, 0) is 11.2 Å². The van der Waals surface area contributed by atoms with Crippen LogP contribution in [0.1, 0.15) is 24.3 Å². The highest BCUT2D eigenvalue weighted by Crippen LogP contribution is 2.15. The second-order valence-electron chi connectivity index (χ2n) is 4.25. The maximum atomic E-state index is 11.4. The second kappa shape index (κ2) is 4.77. The van der Waals surface area contributed by atoms with Crippen molar-refractivity contribution in [3.63, 3.8) is 0 Å². The predicted molar refractivity (Wildman–Crippen MR) is 64.0 cm³/mol. The van der Waals surface area contributed by atoms with E-state index in [1.54, 1.807) is 25.2 Å². The van der Waals surface area contributed by atoms with Crippen molar-refractivity contribution < 1.29 is 4.79 Å². The van der Waals surface area contributed by atoms with Crippen LogP contribution >= 0.6 is 11.3 Å². The summed E-state index contributed by atoms with van der Waals surface area (Å²) in [7, 11) is 0. The van der Waals surface area contributed by atoms with Gasteiger partial charge in [0.1, 0.15) is 0 Å². The van der Waals surface area contributed by atoms with Gasteiger partial charge in [0.05, 0.1) is 5.54 Å². The van der Waals surface area contributed by atoms with Crippen LogP contribution in [0, 0.1) is 6.92 Å². The Kier molecular flexibility index (Phi) is 3.88. The lowest BCUT2D eigenvalue weighted by atomic mass is 10.1. The lowest BCUT2D eigenvalue weighted by Crippen LogP contribution is -2.49. The van der Waals surface area contributed by atoms with Crippen molar-refractivity contribution in [1.29, 1.82) is 0 Å². The van der Waals surface area contributed by atoms with E-state index in [0.717, 1.165) is 6.42 Å². The minimum absolute atomic E-state index is 0.100. The van der Waals surface area contributed by atoms with Crippen LogP contribution in [0.4, 0.5) is 0 Å². The third-order valence-corrected chi connectivity index (χ3v) is 3.27. The zero-order valence-electron chi connectivity index (χ0n) is 9.46. The molecule has 1 aromatic rings. The maximum Gasteiger partial charge on any atom is 0.239 e. The topological polar surface area (TPSA) is 55.1 Å². The summed E-state index contributed by atoms with van der Waals surface area (Å²) in [6.45, 7) is 6.15. The van der Waals surface area contributed by atoms with Crippen LogP contribution < -0.4 is 11.1 Å². The molecule has 3 N–H and O–H groups in total. The molecule has 1 rings (SSSR count). The van der Waals surface area contributed by atoms with Gasteiger partial charge in [-0.3, -0.25) is 4.79 Å². The van der Waals surface area contributed by atoms with E-state index in [2.05, 4.69) is 23.7 Å². The van der Waals surface area contributed by atoms with Crippen molar-refractivity contribution in [2.75, 3.05) is 6.54 Å². The first-order chi connectivity index (χ1) is 6.91. The SMILES string of the molecule is Cc1ccsc1CCNC(=O)C(C)(C)N. The molecule has 15 heavy (non-hydrogen) atoms. The Bertz CT molecular complexity index is 339. The molecule has 0 spiro atoms. The predicted octanol–water partition coefficient (Wildman–Crippen LogP) is 1.45. The average Bonchev–Trinajstić information content (AvgIpc) is 2.50. The number of thiophene rings is 1. The lowest BCUT2D eigenvalue weighted by molar-refractivity contribution is -0.125. The van der Waals surface area contributed by atoms with Crippen LogP contribution in [0.3, 0.4) is 0 Å². The largest absolute Gasteiger partial charge is 0.354 e. The molecule has 1 heterocycles. The van der Waals surface area contributed by atoms with E-state index in [0.29, 0.717) is 6.54 Å². The molecular weight excluding hydrogens is 208 g/mol. The van der Waals surface area contributed by atoms with Gasteiger partial charge in [-0.05, 0) is 44.2 Å². The number of rotatable bonds is 4. The zero-order valence-corrected chi connectivity index (χ0v) is 10.3. The molecule has 0 radical (unpaired) electrons. The summed E-state index contributed by atoms with van der Waals surface area (Å²) in [5.74, 6) is -0.100. The van der Waals surface area contributed by atoms with Crippen LogP contribution in [0.15, 0.2) is 11.4 Å². The number of carbonyl (C=O) groups excluding carboxylic acids is 1. The van der Waals surface area contributed by atoms with Crippen LogP contribution in [0.5, 0.6) is 0 Å². The lowest BCUT2D eigenvalue weighted by Gasteiger charge is -2.17. The Morgan fingerprint density at radius 2 is 2.27 bits per heavy atom. The van der Waals surface area contributed by atoms with Crippen LogP contribution in [0.2, 0.25) is 0 Å². The van der Waals surface area contributed by atoms with Gasteiger partial charge in [-0.2, -0.15) is 0 Å². The smallest absolute Gasteiger partial charge is 0.239 e. The standard InChI is InChI=1S/C11H18N2OS/c1-8-5-7-15-9(8)4-6-13-10(14)11(2,3)12/h5,7H,4,6,12H2,1-3H3,(H,13,14). The first-order valence-corrected chi connectivity index (χ1v) is 5.89. The van der Waals surface area contributed by atoms with Gasteiger partial charge in [0, 0.05) is 11.4 Å². The quantitative estimate of drug-likeness (QED) is 0.816. The fourth-order valence-corrected chi connectivity index (χ4v) is 2.09. The molecule has 4 heteroatoms. The van der Waals surface area contributed by atoms with E-state index < -0.39 is 5.54 Å². The molecule has 0 atom stereocenters. The summed E-state index contributed by atoms with van der Waals surface area (Å²) in [5, 5.41) is 4.90. The summed E-state index contributed by atoms with van der Waals surface area (Å²) in [6.07, 6.45) is 0.880. The third-order valence-electron chi connectivity index (χ3n) is 2.19. The summed E-state index contributed by atoms with van der Waals surface area (Å²) < 4.78 is 0. The van der Waals surface area contributed by atoms with Gasteiger partial charge >= 0.3 is 0 Å². The molecular formula is C11H18N2OS. The molecule has 0 saturated heterocycles. The van der Waals surface area contributed by atoms with Crippen molar-refractivity contribution in [3.05, 3.63) is 21.9 Å². The van der Waals surface area contributed by atoms with Crippen molar-refractivity contribution in [3.8, 4) is 0 Å². The van der Waals surface area contributed by atoms with E-state index >= 15 is 0 Å². The van der Waals surface area contributed by atoms with E-state index in [4.69, 9.17) is 5.73 Å². The normalized spacial score (nSPS) is 11.5. The highest BCUT2D eigenvalue weighted by Gasteiger charge is 2.20. The molecule has 0 unspecified atom stereocenters. The Morgan fingerprint density at radius 3 is 2.73 bits per heavy atom. The van der Waals surface area contributed by atoms with Gasteiger partial charge in [-0.15, -0.1) is 11.3 Å². The average molecular weight is 226 g/mol. The van der Waals surface area contributed by atoms with Gasteiger partial charge in [0.25, 0.3) is 0 Å². The van der Waals surface area contributed by atoms with E-state index in [-0.39, 0.29) is 5.91 Å². The maximum absolute atomic E-state index is 11.4. The van der Waals surface area contributed by atoms with Crippen LogP contribution in [-0.4, -0.2) is 18.0 Å². The summed E-state index contributed by atoms with van der Waals surface area (Å²) in [4.78, 5) is 12.8. The minimum atomic E-state index is -0.787. The number of carbonyl (C=O) groups is 1. The second-order valence-corrected chi connectivity index (χ2v) is 5.26. The monoisotopic (exact) mass is 226 g/mol. The Balaban J connectivity index is 2.35. The van der Waals surface area contributed by atoms with E-state index in [1.807, 2.05) is 0 Å². The minimum Gasteiger partial charge on any atom is -0.354 e. The van der Waals surface area contributed by atoms with E-state index in [1.165, 1.54) is 10.4 Å². The van der Waals surface area contributed by atoms with Crippen molar-refractivity contribution >= 4 is 17.2 Å². The number of aryl methyl sites for hydroxylation is 1. The summed E-state index contributed by atoms with van der Waals surface area (Å²) >= 11 is 1.73. The Morgan fingerprint density at radius 1 is 1.60 bits per heavy atom. The molecule has 84 valence electrons. The number of hydrogen-bond donors (Lipinski definition) is 2. The van der Waals surface area contributed by atoms with Gasteiger partial charge in [-0.25, -0.2) is 0 Å². The third kappa shape index (κ3) is 3.64.